The topological polar surface area (TPSA) is 64.4 Å². The number of anilines is 1. The third kappa shape index (κ3) is 3.10. The second-order valence-electron chi connectivity index (χ2n) is 7.81. The van der Waals surface area contributed by atoms with E-state index in [2.05, 4.69) is 10.5 Å². The Hall–Kier alpha value is -3.05. The maximum Gasteiger partial charge on any atom is 0.233 e. The van der Waals surface area contributed by atoms with Gasteiger partial charge in [-0.1, -0.05) is 41.0 Å². The molecule has 1 N–H and O–H groups in total. The molecule has 2 heterocycles. The summed E-state index contributed by atoms with van der Waals surface area (Å²) in [6.07, 6.45) is 1.20. The smallest absolute Gasteiger partial charge is 0.233 e. The van der Waals surface area contributed by atoms with Gasteiger partial charge in [-0.15, -0.1) is 0 Å². The molecular formula is C24H21ClN2O3. The molecule has 2 aliphatic rings. The van der Waals surface area contributed by atoms with Gasteiger partial charge in [0.2, 0.25) is 5.88 Å². The lowest BCUT2D eigenvalue weighted by Gasteiger charge is -2.34. The van der Waals surface area contributed by atoms with Crippen molar-refractivity contribution < 1.29 is 14.1 Å². The van der Waals surface area contributed by atoms with E-state index in [1.54, 1.807) is 7.11 Å². The van der Waals surface area contributed by atoms with E-state index in [4.69, 9.17) is 20.9 Å². The number of aromatic nitrogens is 1. The number of Topliss-reactive ketones (excluding diaryl/α,β-unsaturated/α-hetero) is 1. The van der Waals surface area contributed by atoms with E-state index in [-0.39, 0.29) is 17.6 Å². The average Bonchev–Trinajstić information content (AvgIpc) is 3.13. The quantitative estimate of drug-likeness (QED) is 0.597. The zero-order valence-corrected chi connectivity index (χ0v) is 17.5. The molecule has 0 unspecified atom stereocenters. The van der Waals surface area contributed by atoms with Crippen molar-refractivity contribution in [3.05, 3.63) is 87.2 Å². The predicted molar refractivity (Wildman–Crippen MR) is 115 cm³/mol. The van der Waals surface area contributed by atoms with Crippen LogP contribution in [-0.2, 0) is 4.79 Å². The molecule has 1 aliphatic carbocycles. The van der Waals surface area contributed by atoms with Gasteiger partial charge in [-0.25, -0.2) is 0 Å². The van der Waals surface area contributed by atoms with Crippen LogP contribution in [0.15, 0.2) is 64.3 Å². The standard InChI is InChI=1S/C24H21ClN2O3/c1-13-21-22(15-5-9-18(29-2)10-6-15)23-19(26-24(21)30-27-13)11-16(12-20(23)28)14-3-7-17(25)8-4-14/h3-10,16,22,26H,11-12H2,1-2H3/t16-,22+/m1/s1. The first kappa shape index (κ1) is 18.9. The molecule has 2 aromatic carbocycles. The minimum atomic E-state index is -0.202. The van der Waals surface area contributed by atoms with Crippen LogP contribution in [0.4, 0.5) is 5.88 Å². The summed E-state index contributed by atoms with van der Waals surface area (Å²) in [4.78, 5) is 13.4. The van der Waals surface area contributed by atoms with Gasteiger partial charge in [0.15, 0.2) is 5.78 Å². The van der Waals surface area contributed by atoms with Crippen LogP contribution in [0.3, 0.4) is 0 Å². The number of aryl methyl sites for hydroxylation is 1. The molecule has 6 heteroatoms. The summed E-state index contributed by atoms with van der Waals surface area (Å²) in [7, 11) is 1.64. The molecule has 3 aromatic rings. The van der Waals surface area contributed by atoms with Crippen LogP contribution in [0.5, 0.6) is 5.75 Å². The Morgan fingerprint density at radius 3 is 2.47 bits per heavy atom. The molecule has 1 aliphatic heterocycles. The molecule has 0 saturated carbocycles. The van der Waals surface area contributed by atoms with E-state index in [9.17, 15) is 4.79 Å². The fourth-order valence-corrected chi connectivity index (χ4v) is 4.70. The van der Waals surface area contributed by atoms with Crippen molar-refractivity contribution in [2.24, 2.45) is 0 Å². The van der Waals surface area contributed by atoms with Crippen molar-refractivity contribution in [2.45, 2.75) is 31.6 Å². The Bertz CT molecular complexity index is 1150. The number of rotatable bonds is 3. The Morgan fingerprint density at radius 2 is 1.77 bits per heavy atom. The molecule has 152 valence electrons. The Morgan fingerprint density at radius 1 is 1.07 bits per heavy atom. The van der Waals surface area contributed by atoms with Gasteiger partial charge < -0.3 is 14.6 Å². The highest BCUT2D eigenvalue weighted by molar-refractivity contribution is 6.30. The summed E-state index contributed by atoms with van der Waals surface area (Å²) in [6.45, 7) is 1.91. The first-order chi connectivity index (χ1) is 14.5. The zero-order valence-electron chi connectivity index (χ0n) is 16.7. The van der Waals surface area contributed by atoms with Gasteiger partial charge in [-0.3, -0.25) is 4.79 Å². The van der Waals surface area contributed by atoms with Gasteiger partial charge in [-0.2, -0.15) is 0 Å². The number of ether oxygens (including phenoxy) is 1. The predicted octanol–water partition coefficient (Wildman–Crippen LogP) is 5.60. The maximum atomic E-state index is 13.4. The molecule has 0 saturated heterocycles. The third-order valence-corrected chi connectivity index (χ3v) is 6.30. The Balaban J connectivity index is 1.59. The van der Waals surface area contributed by atoms with Crippen LogP contribution >= 0.6 is 11.6 Å². The number of carbonyl (C=O) groups is 1. The number of nitrogens with one attached hydrogen (secondary N) is 1. The number of allylic oxidation sites excluding steroid dienone is 2. The van der Waals surface area contributed by atoms with E-state index >= 15 is 0 Å². The first-order valence-electron chi connectivity index (χ1n) is 9.94. The maximum absolute atomic E-state index is 13.4. The van der Waals surface area contributed by atoms with Crippen molar-refractivity contribution in [1.82, 2.24) is 5.16 Å². The largest absolute Gasteiger partial charge is 0.497 e. The number of nitrogens with zero attached hydrogens (tertiary/aromatic N) is 1. The average molecular weight is 421 g/mol. The van der Waals surface area contributed by atoms with Crippen LogP contribution in [0.25, 0.3) is 0 Å². The van der Waals surface area contributed by atoms with Gasteiger partial charge in [0.25, 0.3) is 0 Å². The van der Waals surface area contributed by atoms with Gasteiger partial charge in [0.1, 0.15) is 5.75 Å². The van der Waals surface area contributed by atoms with Gasteiger partial charge in [0.05, 0.1) is 18.4 Å². The van der Waals surface area contributed by atoms with E-state index < -0.39 is 0 Å². The van der Waals surface area contributed by atoms with E-state index in [1.165, 1.54) is 0 Å². The minimum absolute atomic E-state index is 0.100. The molecule has 0 bridgehead atoms. The number of carbonyl (C=O) groups excluding carboxylic acids is 1. The molecule has 1 aromatic heterocycles. The van der Waals surface area contributed by atoms with E-state index in [1.807, 2.05) is 55.5 Å². The second kappa shape index (κ2) is 7.33. The number of hydrogen-bond acceptors (Lipinski definition) is 5. The van der Waals surface area contributed by atoms with Crippen molar-refractivity contribution in [1.29, 1.82) is 0 Å². The van der Waals surface area contributed by atoms with Crippen LogP contribution in [0.2, 0.25) is 5.02 Å². The SMILES string of the molecule is COc1ccc([C@@H]2C3=C(C[C@@H](c4ccc(Cl)cc4)CC3=O)Nc3onc(C)c32)cc1. The number of benzene rings is 2. The number of ketones is 1. The lowest BCUT2D eigenvalue weighted by Crippen LogP contribution is -2.29. The summed E-state index contributed by atoms with van der Waals surface area (Å²) in [5.74, 6) is 1.45. The van der Waals surface area contributed by atoms with Crippen LogP contribution < -0.4 is 10.1 Å². The summed E-state index contributed by atoms with van der Waals surface area (Å²) < 4.78 is 10.9. The number of hydrogen-bond donors (Lipinski definition) is 1. The number of halogens is 1. The highest BCUT2D eigenvalue weighted by Crippen LogP contribution is 2.49. The minimum Gasteiger partial charge on any atom is -0.497 e. The van der Waals surface area contributed by atoms with Crippen molar-refractivity contribution >= 4 is 23.3 Å². The van der Waals surface area contributed by atoms with Crippen molar-refractivity contribution in [3.8, 4) is 5.75 Å². The Labute approximate surface area is 179 Å². The molecule has 0 radical (unpaired) electrons. The molecule has 2 atom stereocenters. The van der Waals surface area contributed by atoms with Crippen molar-refractivity contribution in [2.75, 3.05) is 12.4 Å². The highest BCUT2D eigenvalue weighted by atomic mass is 35.5. The molecule has 0 spiro atoms. The monoisotopic (exact) mass is 420 g/mol. The molecule has 5 nitrogen and oxygen atoms in total. The summed E-state index contributed by atoms with van der Waals surface area (Å²) in [5.41, 5.74) is 5.58. The normalized spacial score (nSPS) is 20.4. The van der Waals surface area contributed by atoms with Crippen LogP contribution in [-0.4, -0.2) is 18.0 Å². The van der Waals surface area contributed by atoms with E-state index in [0.717, 1.165) is 45.8 Å². The lowest BCUT2D eigenvalue weighted by molar-refractivity contribution is -0.116. The lowest BCUT2D eigenvalue weighted by atomic mass is 9.72. The highest BCUT2D eigenvalue weighted by Gasteiger charge is 2.41. The molecule has 30 heavy (non-hydrogen) atoms. The first-order valence-corrected chi connectivity index (χ1v) is 10.3. The molecule has 0 amide bonds. The van der Waals surface area contributed by atoms with Crippen LogP contribution in [0, 0.1) is 6.92 Å². The second-order valence-corrected chi connectivity index (χ2v) is 8.25. The summed E-state index contributed by atoms with van der Waals surface area (Å²) >= 11 is 6.04. The Kier molecular flexibility index (Phi) is 4.63. The summed E-state index contributed by atoms with van der Waals surface area (Å²) in [5, 5.41) is 8.22. The number of methoxy groups -OCH3 is 1. The fraction of sp³-hybridized carbons (Fsp3) is 0.250. The molecular weight excluding hydrogens is 400 g/mol. The van der Waals surface area contributed by atoms with Gasteiger partial charge in [0, 0.05) is 28.6 Å². The molecule has 0 fully saturated rings. The van der Waals surface area contributed by atoms with Crippen LogP contribution in [0.1, 0.15) is 47.1 Å². The van der Waals surface area contributed by atoms with Gasteiger partial charge >= 0.3 is 0 Å². The summed E-state index contributed by atoms with van der Waals surface area (Å²) in [6, 6.07) is 15.6. The van der Waals surface area contributed by atoms with Gasteiger partial charge in [-0.05, 0) is 54.7 Å². The zero-order chi connectivity index (χ0) is 20.8. The third-order valence-electron chi connectivity index (χ3n) is 6.05. The fourth-order valence-electron chi connectivity index (χ4n) is 4.57. The van der Waals surface area contributed by atoms with E-state index in [0.29, 0.717) is 17.3 Å². The number of fused-ring (bicyclic) bond motifs is 1. The van der Waals surface area contributed by atoms with Crippen molar-refractivity contribution in [3.63, 3.8) is 0 Å². The molecule has 5 rings (SSSR count).